The molecule has 0 heterocycles. The molecule has 0 spiro atoms. The van der Waals surface area contributed by atoms with Crippen molar-refractivity contribution in [2.45, 2.75) is 9.79 Å². The Hall–Kier alpha value is -1.62. The first-order chi connectivity index (χ1) is 8.11. The van der Waals surface area contributed by atoms with Crippen LogP contribution in [0.1, 0.15) is 20.7 Å². The molecule has 0 atom stereocenters. The van der Waals surface area contributed by atoms with Crippen LogP contribution in [0.15, 0.2) is 21.9 Å². The summed E-state index contributed by atoms with van der Waals surface area (Å²) < 4.78 is 61.2. The highest BCUT2D eigenvalue weighted by Crippen LogP contribution is 2.22. The van der Waals surface area contributed by atoms with E-state index in [4.69, 9.17) is 9.11 Å². The quantitative estimate of drug-likeness (QED) is 0.574. The first kappa shape index (κ1) is 14.4. The van der Waals surface area contributed by atoms with Crippen LogP contribution in [0.4, 0.5) is 0 Å². The topological polar surface area (TPSA) is 143 Å². The van der Waals surface area contributed by atoms with Gasteiger partial charge in [0.25, 0.3) is 20.2 Å². The van der Waals surface area contributed by atoms with Gasteiger partial charge >= 0.3 is 0 Å². The van der Waals surface area contributed by atoms with Crippen LogP contribution in [-0.4, -0.2) is 38.5 Å². The monoisotopic (exact) mass is 294 g/mol. The molecule has 0 aliphatic carbocycles. The van der Waals surface area contributed by atoms with E-state index < -0.39 is 41.2 Å². The van der Waals surface area contributed by atoms with Gasteiger partial charge in [-0.2, -0.15) is 16.8 Å². The number of aldehydes is 2. The average molecular weight is 294 g/mol. The van der Waals surface area contributed by atoms with Crippen LogP contribution in [0.5, 0.6) is 0 Å². The van der Waals surface area contributed by atoms with E-state index in [-0.39, 0.29) is 12.6 Å². The van der Waals surface area contributed by atoms with E-state index in [1.807, 2.05) is 0 Å². The van der Waals surface area contributed by atoms with Crippen molar-refractivity contribution >= 4 is 32.8 Å². The van der Waals surface area contributed by atoms with Crippen LogP contribution in [0, 0.1) is 0 Å². The number of hydrogen-bond acceptors (Lipinski definition) is 6. The van der Waals surface area contributed by atoms with Gasteiger partial charge < -0.3 is 0 Å². The summed E-state index contributed by atoms with van der Waals surface area (Å²) in [5.74, 6) is 0. The molecule has 18 heavy (non-hydrogen) atoms. The molecule has 1 rings (SSSR count). The van der Waals surface area contributed by atoms with E-state index in [0.29, 0.717) is 12.1 Å². The molecule has 10 heteroatoms. The molecule has 98 valence electrons. The van der Waals surface area contributed by atoms with Crippen molar-refractivity contribution in [1.29, 1.82) is 0 Å². The van der Waals surface area contributed by atoms with Gasteiger partial charge in [0.1, 0.15) is 9.79 Å². The third kappa shape index (κ3) is 2.79. The number of rotatable bonds is 4. The van der Waals surface area contributed by atoms with Crippen molar-refractivity contribution in [3.8, 4) is 0 Å². The average Bonchev–Trinajstić information content (AvgIpc) is 2.24. The van der Waals surface area contributed by atoms with Crippen molar-refractivity contribution in [2.75, 3.05) is 0 Å². The van der Waals surface area contributed by atoms with Crippen molar-refractivity contribution in [3.63, 3.8) is 0 Å². The van der Waals surface area contributed by atoms with Crippen molar-refractivity contribution in [3.05, 3.63) is 23.3 Å². The summed E-state index contributed by atoms with van der Waals surface area (Å²) in [6.45, 7) is 0. The first-order valence-electron chi connectivity index (χ1n) is 4.14. The highest BCUT2D eigenvalue weighted by Gasteiger charge is 2.23. The number of carbonyl (C=O) groups is 2. The standard InChI is InChI=1S/C8H6O8S2/c9-3-5-1-7(17(11,12)13)6(4-10)2-8(5)18(14,15)16/h1-4H,(H,11,12,13)(H,14,15,16). The summed E-state index contributed by atoms with van der Waals surface area (Å²) in [4.78, 5) is 19.4. The second kappa shape index (κ2) is 4.57. The van der Waals surface area contributed by atoms with Gasteiger partial charge in [0.05, 0.1) is 0 Å². The Morgan fingerprint density at radius 3 is 1.22 bits per heavy atom. The molecule has 0 amide bonds. The molecular weight excluding hydrogens is 288 g/mol. The van der Waals surface area contributed by atoms with Crippen molar-refractivity contribution < 1.29 is 35.5 Å². The Kier molecular flexibility index (Phi) is 3.67. The minimum atomic E-state index is -4.81. The van der Waals surface area contributed by atoms with Gasteiger partial charge in [-0.3, -0.25) is 18.7 Å². The van der Waals surface area contributed by atoms with Crippen molar-refractivity contribution in [2.24, 2.45) is 0 Å². The van der Waals surface area contributed by atoms with E-state index in [9.17, 15) is 26.4 Å². The summed E-state index contributed by atoms with van der Waals surface area (Å²) in [6.07, 6.45) is -0.0707. The van der Waals surface area contributed by atoms with Crippen LogP contribution in [0.3, 0.4) is 0 Å². The van der Waals surface area contributed by atoms with Gasteiger partial charge in [-0.25, -0.2) is 0 Å². The molecule has 0 bridgehead atoms. The molecule has 8 nitrogen and oxygen atoms in total. The third-order valence-electron chi connectivity index (χ3n) is 1.95. The van der Waals surface area contributed by atoms with Crippen LogP contribution in [-0.2, 0) is 20.2 Å². The molecular formula is C8H6O8S2. The first-order valence-corrected chi connectivity index (χ1v) is 7.02. The van der Waals surface area contributed by atoms with E-state index >= 15 is 0 Å². The van der Waals surface area contributed by atoms with Gasteiger partial charge in [0, 0.05) is 11.1 Å². The van der Waals surface area contributed by atoms with Gasteiger partial charge in [0.15, 0.2) is 12.6 Å². The predicted octanol–water partition coefficient (Wildman–Crippen LogP) is -0.195. The molecule has 0 fully saturated rings. The maximum absolute atomic E-state index is 10.9. The molecule has 0 aliphatic heterocycles. The second-order valence-electron chi connectivity index (χ2n) is 3.11. The van der Waals surface area contributed by atoms with Crippen LogP contribution in [0.2, 0.25) is 0 Å². The predicted molar refractivity (Wildman–Crippen MR) is 56.8 cm³/mol. The van der Waals surface area contributed by atoms with Gasteiger partial charge in [-0.1, -0.05) is 0 Å². The smallest absolute Gasteiger partial charge is 0.295 e. The lowest BCUT2D eigenvalue weighted by Crippen LogP contribution is -2.09. The number of carbonyl (C=O) groups excluding carboxylic acids is 2. The number of benzene rings is 1. The molecule has 2 N–H and O–H groups in total. The molecule has 1 aromatic carbocycles. The van der Waals surface area contributed by atoms with Crippen LogP contribution in [0.25, 0.3) is 0 Å². The van der Waals surface area contributed by atoms with E-state index in [0.717, 1.165) is 0 Å². The maximum atomic E-state index is 10.9. The Morgan fingerprint density at radius 1 is 0.778 bits per heavy atom. The normalized spacial score (nSPS) is 12.1. The van der Waals surface area contributed by atoms with Crippen molar-refractivity contribution in [1.82, 2.24) is 0 Å². The van der Waals surface area contributed by atoms with E-state index in [2.05, 4.69) is 0 Å². The Morgan fingerprint density at radius 2 is 1.06 bits per heavy atom. The lowest BCUT2D eigenvalue weighted by atomic mass is 10.1. The summed E-state index contributed by atoms with van der Waals surface area (Å²) in [5, 5.41) is 0. The highest BCUT2D eigenvalue weighted by molar-refractivity contribution is 7.86. The SMILES string of the molecule is O=Cc1cc(S(=O)(=O)O)c(C=O)cc1S(=O)(=O)O. The molecule has 0 saturated heterocycles. The summed E-state index contributed by atoms with van der Waals surface area (Å²) in [5.41, 5.74) is -1.40. The Labute approximate surface area is 102 Å². The summed E-state index contributed by atoms with van der Waals surface area (Å²) in [7, 11) is -9.61. The van der Waals surface area contributed by atoms with Gasteiger partial charge in [-0.05, 0) is 12.1 Å². The fourth-order valence-corrected chi connectivity index (χ4v) is 2.58. The minimum absolute atomic E-state index is 0.0354. The minimum Gasteiger partial charge on any atom is -0.298 e. The van der Waals surface area contributed by atoms with E-state index in [1.165, 1.54) is 0 Å². The lowest BCUT2D eigenvalue weighted by Gasteiger charge is -2.06. The largest absolute Gasteiger partial charge is 0.298 e. The zero-order chi connectivity index (χ0) is 14.1. The molecule has 1 aromatic rings. The van der Waals surface area contributed by atoms with Crippen LogP contribution < -0.4 is 0 Å². The van der Waals surface area contributed by atoms with Crippen LogP contribution >= 0.6 is 0 Å². The molecule has 0 radical (unpaired) electrons. The summed E-state index contributed by atoms with van der Waals surface area (Å²) in [6, 6.07) is 0.963. The fraction of sp³-hybridized carbons (Fsp3) is 0. The lowest BCUT2D eigenvalue weighted by molar-refractivity contribution is 0.110. The van der Waals surface area contributed by atoms with Gasteiger partial charge in [-0.15, -0.1) is 0 Å². The maximum Gasteiger partial charge on any atom is 0.295 e. The Balaban J connectivity index is 3.85. The molecule has 0 aliphatic rings. The fourth-order valence-electron chi connectivity index (χ4n) is 1.22. The Bertz CT molecular complexity index is 650. The highest BCUT2D eigenvalue weighted by atomic mass is 32.2. The zero-order valence-corrected chi connectivity index (χ0v) is 10.1. The molecule has 0 saturated carbocycles. The second-order valence-corrected chi connectivity index (χ2v) is 5.89. The third-order valence-corrected chi connectivity index (χ3v) is 3.77. The van der Waals surface area contributed by atoms with Gasteiger partial charge in [0.2, 0.25) is 0 Å². The summed E-state index contributed by atoms with van der Waals surface area (Å²) >= 11 is 0. The molecule has 0 aromatic heterocycles. The number of hydrogen-bond donors (Lipinski definition) is 2. The zero-order valence-electron chi connectivity index (χ0n) is 8.47. The molecule has 0 unspecified atom stereocenters. The van der Waals surface area contributed by atoms with E-state index in [1.54, 1.807) is 0 Å².